The average molecular weight is 474 g/mol. The molecule has 4 aromatic rings. The van der Waals surface area contributed by atoms with E-state index in [1.165, 1.54) is 10.6 Å². The maximum Gasteiger partial charge on any atom is 0.417 e. The number of hydrogen-bond acceptors (Lipinski definition) is 3. The van der Waals surface area contributed by atoms with Gasteiger partial charge in [0.25, 0.3) is 5.56 Å². The molecule has 1 heterocycles. The molecule has 0 amide bonds. The van der Waals surface area contributed by atoms with Crippen molar-refractivity contribution in [3.05, 3.63) is 123 Å². The summed E-state index contributed by atoms with van der Waals surface area (Å²) in [6.07, 6.45) is -4.86. The molecule has 0 unspecified atom stereocenters. The van der Waals surface area contributed by atoms with E-state index >= 15 is 0 Å². The quantitative estimate of drug-likeness (QED) is 0.328. The van der Waals surface area contributed by atoms with E-state index in [-0.39, 0.29) is 18.8 Å². The molecule has 4 nitrogen and oxygen atoms in total. The second-order valence-corrected chi connectivity index (χ2v) is 8.05. The maximum absolute atomic E-state index is 13.8. The van der Waals surface area contributed by atoms with E-state index in [1.807, 2.05) is 31.2 Å². The van der Waals surface area contributed by atoms with Crippen LogP contribution in [-0.2, 0) is 19.3 Å². The minimum Gasteiger partial charge on any atom is -0.489 e. The van der Waals surface area contributed by atoms with Crippen molar-refractivity contribution in [2.75, 3.05) is 0 Å². The highest BCUT2D eigenvalue weighted by molar-refractivity contribution is 5.64. The number of rotatable bonds is 6. The second kappa shape index (κ2) is 9.90. The largest absolute Gasteiger partial charge is 0.489 e. The van der Waals surface area contributed by atoms with Gasteiger partial charge in [0, 0.05) is 5.56 Å². The fraction of sp³-hybridized carbons (Fsp3) is 0.143. The third-order valence-corrected chi connectivity index (χ3v) is 5.69. The van der Waals surface area contributed by atoms with Crippen LogP contribution in [0.3, 0.4) is 0 Å². The lowest BCUT2D eigenvalue weighted by molar-refractivity contribution is -0.137. The Labute approximate surface area is 200 Å². The Kier molecular flexibility index (Phi) is 6.74. The molecule has 0 aliphatic rings. The Bertz CT molecular complexity index is 1450. The molecule has 0 radical (unpaired) electrons. The summed E-state index contributed by atoms with van der Waals surface area (Å²) in [5, 5.41) is 9.38. The molecule has 0 aliphatic heterocycles. The number of alkyl halides is 3. The fourth-order valence-corrected chi connectivity index (χ4v) is 3.82. The van der Waals surface area contributed by atoms with Gasteiger partial charge in [-0.05, 0) is 41.8 Å². The lowest BCUT2D eigenvalue weighted by atomic mass is 10.0. The monoisotopic (exact) mass is 474 g/mol. The first-order valence-corrected chi connectivity index (χ1v) is 10.8. The van der Waals surface area contributed by atoms with Crippen LogP contribution >= 0.6 is 0 Å². The van der Waals surface area contributed by atoms with Gasteiger partial charge in [-0.3, -0.25) is 4.79 Å². The van der Waals surface area contributed by atoms with Gasteiger partial charge in [-0.15, -0.1) is 0 Å². The predicted molar refractivity (Wildman–Crippen MR) is 127 cm³/mol. The molecule has 3 aromatic carbocycles. The van der Waals surface area contributed by atoms with E-state index < -0.39 is 22.9 Å². The molecule has 0 bridgehead atoms. The van der Waals surface area contributed by atoms with Crippen LogP contribution in [0.4, 0.5) is 13.2 Å². The summed E-state index contributed by atoms with van der Waals surface area (Å²) in [7, 11) is 0. The van der Waals surface area contributed by atoms with Gasteiger partial charge in [0.2, 0.25) is 0 Å². The minimum atomic E-state index is -4.86. The summed E-state index contributed by atoms with van der Waals surface area (Å²) in [5.74, 6) is 0.447. The van der Waals surface area contributed by atoms with E-state index in [1.54, 1.807) is 54.6 Å². The van der Waals surface area contributed by atoms with Crippen LogP contribution in [0.25, 0.3) is 11.3 Å². The van der Waals surface area contributed by atoms with Gasteiger partial charge >= 0.3 is 6.18 Å². The third-order valence-electron chi connectivity index (χ3n) is 5.69. The number of aryl methyl sites for hydroxylation is 1. The van der Waals surface area contributed by atoms with Crippen LogP contribution in [0, 0.1) is 18.3 Å². The van der Waals surface area contributed by atoms with Crippen molar-refractivity contribution < 1.29 is 17.9 Å². The van der Waals surface area contributed by atoms with E-state index in [4.69, 9.17) is 4.74 Å². The Hall–Kier alpha value is -4.31. The standard InChI is InChI=1S/C28H21F3N2O2/c1-19-8-5-6-11-22(19)18-35-23-13-7-12-21(14-23)26-15-25(28(29,30)31)24(16-32)27(34)33(26)17-20-9-3-2-4-10-20/h2-15H,17-18H2,1H3. The molecule has 0 saturated heterocycles. The van der Waals surface area contributed by atoms with E-state index in [9.17, 15) is 23.2 Å². The minimum absolute atomic E-state index is 0.0100. The van der Waals surface area contributed by atoms with E-state index in [0.29, 0.717) is 16.9 Å². The molecule has 1 aromatic heterocycles. The summed E-state index contributed by atoms with van der Waals surface area (Å²) in [6, 6.07) is 25.5. The highest BCUT2D eigenvalue weighted by atomic mass is 19.4. The maximum atomic E-state index is 13.8. The number of nitriles is 1. The van der Waals surface area contributed by atoms with Crippen molar-refractivity contribution in [3.63, 3.8) is 0 Å². The average Bonchev–Trinajstić information content (AvgIpc) is 2.84. The molecule has 7 heteroatoms. The first kappa shape index (κ1) is 23.8. The molecular formula is C28H21F3N2O2. The zero-order chi connectivity index (χ0) is 25.0. The summed E-state index contributed by atoms with van der Waals surface area (Å²) in [4.78, 5) is 13.1. The van der Waals surface area contributed by atoms with Crippen LogP contribution in [0.15, 0.2) is 89.7 Å². The number of aromatic nitrogens is 1. The van der Waals surface area contributed by atoms with Crippen LogP contribution in [0.1, 0.15) is 27.8 Å². The Morgan fingerprint density at radius 3 is 2.34 bits per heavy atom. The smallest absolute Gasteiger partial charge is 0.417 e. The fourth-order valence-electron chi connectivity index (χ4n) is 3.82. The van der Waals surface area contributed by atoms with Gasteiger partial charge in [0.15, 0.2) is 0 Å². The number of halogens is 3. The first-order chi connectivity index (χ1) is 16.8. The van der Waals surface area contributed by atoms with Gasteiger partial charge in [-0.2, -0.15) is 18.4 Å². The Balaban J connectivity index is 1.81. The molecule has 0 spiro atoms. The van der Waals surface area contributed by atoms with Gasteiger partial charge in [-0.25, -0.2) is 0 Å². The Morgan fingerprint density at radius 1 is 0.943 bits per heavy atom. The van der Waals surface area contributed by atoms with Crippen molar-refractivity contribution in [1.29, 1.82) is 5.26 Å². The Morgan fingerprint density at radius 2 is 1.66 bits per heavy atom. The molecule has 176 valence electrons. The summed E-state index contributed by atoms with van der Waals surface area (Å²) >= 11 is 0. The number of ether oxygens (including phenoxy) is 1. The number of hydrogen-bond donors (Lipinski definition) is 0. The molecule has 35 heavy (non-hydrogen) atoms. The molecule has 0 fully saturated rings. The van der Waals surface area contributed by atoms with Crippen LogP contribution < -0.4 is 10.3 Å². The van der Waals surface area contributed by atoms with Gasteiger partial charge in [-0.1, -0.05) is 66.7 Å². The van der Waals surface area contributed by atoms with Crippen molar-refractivity contribution in [3.8, 4) is 23.1 Å². The zero-order valence-corrected chi connectivity index (χ0v) is 18.8. The van der Waals surface area contributed by atoms with Crippen molar-refractivity contribution in [2.45, 2.75) is 26.3 Å². The highest BCUT2D eigenvalue weighted by Gasteiger charge is 2.36. The van der Waals surface area contributed by atoms with Crippen LogP contribution in [0.2, 0.25) is 0 Å². The number of benzene rings is 3. The molecule has 0 aliphatic carbocycles. The van der Waals surface area contributed by atoms with Crippen LogP contribution in [0.5, 0.6) is 5.75 Å². The molecular weight excluding hydrogens is 453 g/mol. The van der Waals surface area contributed by atoms with Crippen molar-refractivity contribution in [2.24, 2.45) is 0 Å². The van der Waals surface area contributed by atoms with Crippen molar-refractivity contribution >= 4 is 0 Å². The van der Waals surface area contributed by atoms with Gasteiger partial charge in [0.05, 0.1) is 17.8 Å². The lowest BCUT2D eigenvalue weighted by Crippen LogP contribution is -2.28. The van der Waals surface area contributed by atoms with Gasteiger partial charge < -0.3 is 9.30 Å². The first-order valence-electron chi connectivity index (χ1n) is 10.8. The summed E-state index contributed by atoms with van der Waals surface area (Å²) in [5.41, 5.74) is -0.000688. The zero-order valence-electron chi connectivity index (χ0n) is 18.8. The van der Waals surface area contributed by atoms with E-state index in [0.717, 1.165) is 17.2 Å². The molecule has 4 rings (SSSR count). The number of nitrogens with zero attached hydrogens (tertiary/aromatic N) is 2. The second-order valence-electron chi connectivity index (χ2n) is 8.05. The van der Waals surface area contributed by atoms with Crippen molar-refractivity contribution in [1.82, 2.24) is 4.57 Å². The third kappa shape index (κ3) is 5.28. The molecule has 0 saturated carbocycles. The SMILES string of the molecule is Cc1ccccc1COc1cccc(-c2cc(C(F)(F)F)c(C#N)c(=O)n2Cc2ccccc2)c1. The number of pyridine rings is 1. The topological polar surface area (TPSA) is 55.0 Å². The normalized spacial score (nSPS) is 11.2. The molecule has 0 N–H and O–H groups in total. The molecule has 0 atom stereocenters. The van der Waals surface area contributed by atoms with Crippen LogP contribution in [-0.4, -0.2) is 4.57 Å². The summed E-state index contributed by atoms with van der Waals surface area (Å²) < 4.78 is 48.4. The van der Waals surface area contributed by atoms with E-state index in [2.05, 4.69) is 0 Å². The predicted octanol–water partition coefficient (Wildman–Crippen LogP) is 6.34. The summed E-state index contributed by atoms with van der Waals surface area (Å²) in [6.45, 7) is 2.26. The van der Waals surface area contributed by atoms with Gasteiger partial charge in [0.1, 0.15) is 24.0 Å². The lowest BCUT2D eigenvalue weighted by Gasteiger charge is -2.18. The highest BCUT2D eigenvalue weighted by Crippen LogP contribution is 2.34.